The number of ether oxygens (including phenoxy) is 1. The summed E-state index contributed by atoms with van der Waals surface area (Å²) in [6.45, 7) is 0.948. The largest absolute Gasteiger partial charge is 0.482 e. The minimum absolute atomic E-state index is 0.315. The molecule has 0 fully saturated rings. The quantitative estimate of drug-likeness (QED) is 0.509. The number of rotatable bonds is 2. The molecule has 0 saturated carbocycles. The van der Waals surface area contributed by atoms with Gasteiger partial charge in [-0.1, -0.05) is 0 Å². The summed E-state index contributed by atoms with van der Waals surface area (Å²) in [5, 5.41) is -1.74. The molecule has 0 rings (SSSR count). The standard InChI is InChI=1S/C5H5F5OS/c1-2-11-3(12)4(6,7)5(8,9)10/h2H2,1H3. The summed E-state index contributed by atoms with van der Waals surface area (Å²) in [6.07, 6.45) is -5.68. The second-order valence-corrected chi connectivity index (χ2v) is 2.16. The van der Waals surface area contributed by atoms with Crippen LogP contribution in [0.4, 0.5) is 22.0 Å². The van der Waals surface area contributed by atoms with Gasteiger partial charge in [-0.25, -0.2) is 0 Å². The van der Waals surface area contributed by atoms with E-state index in [-0.39, 0.29) is 6.61 Å². The first-order valence-electron chi connectivity index (χ1n) is 2.85. The SMILES string of the molecule is CCOC(=S)C(F)(F)C(F)(F)F. The summed E-state index contributed by atoms with van der Waals surface area (Å²) < 4.78 is 62.6. The first-order chi connectivity index (χ1) is 5.23. The minimum atomic E-state index is -5.68. The Morgan fingerprint density at radius 3 is 1.92 bits per heavy atom. The van der Waals surface area contributed by atoms with Crippen molar-refractivity contribution in [2.24, 2.45) is 0 Å². The molecule has 1 nitrogen and oxygen atoms in total. The lowest BCUT2D eigenvalue weighted by Gasteiger charge is -2.19. The van der Waals surface area contributed by atoms with Crippen LogP contribution in [-0.4, -0.2) is 23.8 Å². The average molecular weight is 208 g/mol. The Labute approximate surface area is 70.5 Å². The molecule has 0 aliphatic carbocycles. The van der Waals surface area contributed by atoms with Crippen molar-refractivity contribution >= 4 is 17.3 Å². The lowest BCUT2D eigenvalue weighted by Crippen LogP contribution is -2.44. The van der Waals surface area contributed by atoms with Crippen LogP contribution in [0.1, 0.15) is 6.92 Å². The topological polar surface area (TPSA) is 9.23 Å². The van der Waals surface area contributed by atoms with Crippen molar-refractivity contribution < 1.29 is 26.7 Å². The van der Waals surface area contributed by atoms with Gasteiger partial charge in [0.05, 0.1) is 6.61 Å². The highest BCUT2D eigenvalue weighted by molar-refractivity contribution is 7.80. The Hall–Kier alpha value is -0.460. The van der Waals surface area contributed by atoms with Crippen LogP contribution in [0.2, 0.25) is 0 Å². The van der Waals surface area contributed by atoms with Crippen molar-refractivity contribution in [3.05, 3.63) is 0 Å². The molecule has 0 amide bonds. The van der Waals surface area contributed by atoms with E-state index in [1.807, 2.05) is 0 Å². The maximum atomic E-state index is 12.1. The van der Waals surface area contributed by atoms with Crippen molar-refractivity contribution in [3.8, 4) is 0 Å². The van der Waals surface area contributed by atoms with Crippen LogP contribution in [0.5, 0.6) is 0 Å². The van der Waals surface area contributed by atoms with Gasteiger partial charge in [0.25, 0.3) is 0 Å². The molecule has 0 aromatic rings. The average Bonchev–Trinajstić information content (AvgIpc) is 1.85. The van der Waals surface area contributed by atoms with E-state index in [1.165, 1.54) is 6.92 Å². The Kier molecular flexibility index (Phi) is 3.37. The third-order valence-electron chi connectivity index (χ3n) is 0.888. The highest BCUT2D eigenvalue weighted by Crippen LogP contribution is 2.36. The minimum Gasteiger partial charge on any atom is -0.482 e. The summed E-state index contributed by atoms with van der Waals surface area (Å²) >= 11 is 3.75. The van der Waals surface area contributed by atoms with E-state index in [0.29, 0.717) is 0 Å². The molecule has 0 aliphatic heterocycles. The zero-order valence-electron chi connectivity index (χ0n) is 5.91. The summed E-state index contributed by atoms with van der Waals surface area (Å²) in [4.78, 5) is 0. The predicted octanol–water partition coefficient (Wildman–Crippen LogP) is 2.55. The fraction of sp³-hybridized carbons (Fsp3) is 0.800. The maximum absolute atomic E-state index is 12.1. The highest BCUT2D eigenvalue weighted by Gasteiger charge is 2.62. The molecular formula is C5H5F5OS. The van der Waals surface area contributed by atoms with Gasteiger partial charge < -0.3 is 4.74 Å². The van der Waals surface area contributed by atoms with Gasteiger partial charge in [0, 0.05) is 0 Å². The van der Waals surface area contributed by atoms with Crippen molar-refractivity contribution in [1.29, 1.82) is 0 Å². The molecular weight excluding hydrogens is 203 g/mol. The molecule has 0 saturated heterocycles. The van der Waals surface area contributed by atoms with Crippen LogP contribution >= 0.6 is 12.2 Å². The predicted molar refractivity (Wildman–Crippen MR) is 35.2 cm³/mol. The first kappa shape index (κ1) is 11.5. The molecule has 12 heavy (non-hydrogen) atoms. The normalized spacial score (nSPS) is 12.8. The van der Waals surface area contributed by atoms with Crippen LogP contribution in [0.15, 0.2) is 0 Å². The van der Waals surface area contributed by atoms with E-state index in [2.05, 4.69) is 17.0 Å². The number of alkyl halides is 5. The van der Waals surface area contributed by atoms with Crippen molar-refractivity contribution in [2.45, 2.75) is 19.0 Å². The summed E-state index contributed by atoms with van der Waals surface area (Å²) in [6, 6.07) is 0. The Morgan fingerprint density at radius 1 is 1.25 bits per heavy atom. The Bertz CT molecular complexity index is 175. The van der Waals surface area contributed by atoms with Crippen LogP contribution in [-0.2, 0) is 4.74 Å². The van der Waals surface area contributed by atoms with E-state index in [4.69, 9.17) is 0 Å². The van der Waals surface area contributed by atoms with E-state index in [1.54, 1.807) is 0 Å². The highest BCUT2D eigenvalue weighted by atomic mass is 32.1. The smallest absolute Gasteiger partial charge is 0.462 e. The van der Waals surface area contributed by atoms with Gasteiger partial charge in [-0.15, -0.1) is 0 Å². The summed E-state index contributed by atoms with van der Waals surface area (Å²) in [5.74, 6) is -5.04. The van der Waals surface area contributed by atoms with Gasteiger partial charge >= 0.3 is 12.1 Å². The zero-order valence-corrected chi connectivity index (χ0v) is 6.73. The van der Waals surface area contributed by atoms with E-state index in [0.717, 1.165) is 0 Å². The molecule has 7 heteroatoms. The fourth-order valence-electron chi connectivity index (χ4n) is 0.337. The second kappa shape index (κ2) is 3.51. The van der Waals surface area contributed by atoms with E-state index >= 15 is 0 Å². The molecule has 0 spiro atoms. The third kappa shape index (κ3) is 2.26. The first-order valence-corrected chi connectivity index (χ1v) is 3.26. The molecule has 0 aliphatic rings. The van der Waals surface area contributed by atoms with Gasteiger partial charge in [0.1, 0.15) is 0 Å². The van der Waals surface area contributed by atoms with Crippen molar-refractivity contribution in [3.63, 3.8) is 0 Å². The van der Waals surface area contributed by atoms with Gasteiger partial charge in [0.2, 0.25) is 5.05 Å². The number of hydrogen-bond acceptors (Lipinski definition) is 2. The molecule has 0 aromatic carbocycles. The van der Waals surface area contributed by atoms with Crippen LogP contribution in [0.25, 0.3) is 0 Å². The lowest BCUT2D eigenvalue weighted by molar-refractivity contribution is -0.253. The summed E-state index contributed by atoms with van der Waals surface area (Å²) in [7, 11) is 0. The molecule has 0 aromatic heterocycles. The molecule has 0 atom stereocenters. The number of thiocarbonyl (C=S) groups is 1. The molecule has 0 bridgehead atoms. The van der Waals surface area contributed by atoms with Gasteiger partial charge in [-0.05, 0) is 19.1 Å². The third-order valence-corrected chi connectivity index (χ3v) is 1.26. The lowest BCUT2D eigenvalue weighted by atomic mass is 10.3. The van der Waals surface area contributed by atoms with Gasteiger partial charge in [-0.2, -0.15) is 22.0 Å². The zero-order chi connectivity index (χ0) is 9.99. The van der Waals surface area contributed by atoms with Crippen LogP contribution < -0.4 is 0 Å². The van der Waals surface area contributed by atoms with E-state index in [9.17, 15) is 22.0 Å². The van der Waals surface area contributed by atoms with Crippen LogP contribution in [0.3, 0.4) is 0 Å². The Morgan fingerprint density at radius 2 is 1.67 bits per heavy atom. The Balaban J connectivity index is 4.50. The number of halogens is 5. The fourth-order valence-corrected chi connectivity index (χ4v) is 0.571. The van der Waals surface area contributed by atoms with E-state index < -0.39 is 17.1 Å². The molecule has 0 heterocycles. The van der Waals surface area contributed by atoms with Crippen molar-refractivity contribution in [1.82, 2.24) is 0 Å². The molecule has 0 radical (unpaired) electrons. The molecule has 72 valence electrons. The van der Waals surface area contributed by atoms with Gasteiger partial charge in [0.15, 0.2) is 0 Å². The van der Waals surface area contributed by atoms with Crippen molar-refractivity contribution in [2.75, 3.05) is 6.61 Å². The molecule has 0 unspecified atom stereocenters. The maximum Gasteiger partial charge on any atom is 0.462 e. The van der Waals surface area contributed by atoms with Crippen LogP contribution in [0, 0.1) is 0 Å². The van der Waals surface area contributed by atoms with Gasteiger partial charge in [-0.3, -0.25) is 0 Å². The summed E-state index contributed by atoms with van der Waals surface area (Å²) in [5.41, 5.74) is 0. The number of hydrogen-bond donors (Lipinski definition) is 0. The second-order valence-electron chi connectivity index (χ2n) is 1.79. The molecule has 0 N–H and O–H groups in total. The monoisotopic (exact) mass is 208 g/mol.